The molecule has 8 nitrogen and oxygen atoms in total. The van der Waals surface area contributed by atoms with Crippen LogP contribution < -0.4 is 5.32 Å². The van der Waals surface area contributed by atoms with Gasteiger partial charge >= 0.3 is 0 Å². The fourth-order valence-electron chi connectivity index (χ4n) is 2.56. The summed E-state index contributed by atoms with van der Waals surface area (Å²) in [6, 6.07) is 3.71. The van der Waals surface area contributed by atoms with Crippen LogP contribution in [0.5, 0.6) is 0 Å². The Morgan fingerprint density at radius 3 is 2.74 bits per heavy atom. The van der Waals surface area contributed by atoms with E-state index in [9.17, 15) is 23.3 Å². The highest BCUT2D eigenvalue weighted by Gasteiger charge is 2.27. The maximum absolute atomic E-state index is 11.7. The molecule has 1 fully saturated rings. The van der Waals surface area contributed by atoms with E-state index in [0.29, 0.717) is 25.9 Å². The van der Waals surface area contributed by atoms with Gasteiger partial charge < -0.3 is 10.2 Å². The Bertz CT molecular complexity index is 732. The first-order chi connectivity index (χ1) is 10.7. The highest BCUT2D eigenvalue weighted by molar-refractivity contribution is 7.90. The highest BCUT2D eigenvalue weighted by Crippen LogP contribution is 2.29. The highest BCUT2D eigenvalue weighted by atomic mass is 32.2. The number of likely N-dealkylation sites (tertiary alicyclic amines) is 1. The van der Waals surface area contributed by atoms with E-state index >= 15 is 0 Å². The van der Waals surface area contributed by atoms with Crippen molar-refractivity contribution in [1.82, 2.24) is 4.90 Å². The molecule has 0 aromatic heterocycles. The molecule has 1 aromatic rings. The summed E-state index contributed by atoms with van der Waals surface area (Å²) in [4.78, 5) is 23.9. The fraction of sp³-hybridized carbons (Fsp3) is 0.500. The number of sulfone groups is 1. The van der Waals surface area contributed by atoms with E-state index in [0.717, 1.165) is 12.3 Å². The summed E-state index contributed by atoms with van der Waals surface area (Å²) in [5.41, 5.74) is -0.0219. The van der Waals surface area contributed by atoms with E-state index in [1.807, 2.05) is 0 Å². The fourth-order valence-corrected chi connectivity index (χ4v) is 3.20. The van der Waals surface area contributed by atoms with Crippen molar-refractivity contribution < 1.29 is 18.1 Å². The largest absolute Gasteiger partial charge is 0.375 e. The van der Waals surface area contributed by atoms with Gasteiger partial charge in [0, 0.05) is 37.9 Å². The molecule has 1 heterocycles. The second kappa shape index (κ2) is 6.53. The quantitative estimate of drug-likeness (QED) is 0.641. The van der Waals surface area contributed by atoms with Crippen molar-refractivity contribution in [3.8, 4) is 0 Å². The van der Waals surface area contributed by atoms with E-state index in [1.165, 1.54) is 12.1 Å². The molecule has 0 spiro atoms. The van der Waals surface area contributed by atoms with Crippen molar-refractivity contribution in [2.45, 2.75) is 30.7 Å². The van der Waals surface area contributed by atoms with E-state index in [-0.39, 0.29) is 28.2 Å². The van der Waals surface area contributed by atoms with Gasteiger partial charge in [-0.25, -0.2) is 8.42 Å². The standard InChI is InChI=1S/C14H19N3O5S/c1-3-14(18)16-7-6-10(9-16)15-12-5-4-11(23(2,21)22)8-13(12)17(19)20/h4-5,8,10,15H,3,6-7,9H2,1-2H3. The van der Waals surface area contributed by atoms with Gasteiger partial charge in [-0.2, -0.15) is 0 Å². The van der Waals surface area contributed by atoms with Gasteiger partial charge in [-0.1, -0.05) is 6.92 Å². The molecule has 1 amide bonds. The molecule has 1 unspecified atom stereocenters. The van der Waals surface area contributed by atoms with Crippen molar-refractivity contribution in [2.24, 2.45) is 0 Å². The Morgan fingerprint density at radius 2 is 2.17 bits per heavy atom. The summed E-state index contributed by atoms with van der Waals surface area (Å²) in [6.07, 6.45) is 2.12. The Hall–Kier alpha value is -2.16. The van der Waals surface area contributed by atoms with Gasteiger partial charge in [0.1, 0.15) is 5.69 Å². The minimum absolute atomic E-state index is 0.0521. The van der Waals surface area contributed by atoms with Crippen molar-refractivity contribution >= 4 is 27.1 Å². The molecule has 0 saturated carbocycles. The topological polar surface area (TPSA) is 110 Å². The van der Waals surface area contributed by atoms with Crippen LogP contribution in [0.25, 0.3) is 0 Å². The van der Waals surface area contributed by atoms with Gasteiger partial charge in [0.25, 0.3) is 5.69 Å². The number of anilines is 1. The molecule has 1 N–H and O–H groups in total. The van der Waals surface area contributed by atoms with Crippen molar-refractivity contribution in [3.05, 3.63) is 28.3 Å². The lowest BCUT2D eigenvalue weighted by atomic mass is 10.2. The van der Waals surface area contributed by atoms with Gasteiger partial charge in [0.15, 0.2) is 9.84 Å². The number of nitrogens with one attached hydrogen (secondary N) is 1. The molecule has 23 heavy (non-hydrogen) atoms. The molecule has 0 radical (unpaired) electrons. The average Bonchev–Trinajstić information content (AvgIpc) is 2.94. The molecule has 2 rings (SSSR count). The molecule has 0 aliphatic carbocycles. The van der Waals surface area contributed by atoms with Crippen LogP contribution in [0, 0.1) is 10.1 Å². The number of nitro benzene ring substituents is 1. The molecule has 0 bridgehead atoms. The summed E-state index contributed by atoms with van der Waals surface area (Å²) >= 11 is 0. The Balaban J connectivity index is 2.21. The lowest BCUT2D eigenvalue weighted by molar-refractivity contribution is -0.384. The molecule has 9 heteroatoms. The smallest absolute Gasteiger partial charge is 0.293 e. The van der Waals surface area contributed by atoms with E-state index in [4.69, 9.17) is 0 Å². The number of carbonyl (C=O) groups excluding carboxylic acids is 1. The molecule has 126 valence electrons. The first-order valence-electron chi connectivity index (χ1n) is 7.25. The monoisotopic (exact) mass is 341 g/mol. The van der Waals surface area contributed by atoms with Gasteiger partial charge in [0.2, 0.25) is 5.91 Å². The first-order valence-corrected chi connectivity index (χ1v) is 9.14. The lowest BCUT2D eigenvalue weighted by Gasteiger charge is -2.17. The van der Waals surface area contributed by atoms with E-state index < -0.39 is 14.8 Å². The summed E-state index contributed by atoms with van der Waals surface area (Å²) in [6.45, 7) is 2.88. The Kier molecular flexibility index (Phi) is 4.88. The number of carbonyl (C=O) groups is 1. The van der Waals surface area contributed by atoms with Gasteiger partial charge in [-0.05, 0) is 18.6 Å². The van der Waals surface area contributed by atoms with Crippen LogP contribution in [0.15, 0.2) is 23.1 Å². The molecule has 1 aliphatic heterocycles. The Labute approximate surface area is 134 Å². The number of benzene rings is 1. The number of nitrogens with zero attached hydrogens (tertiary/aromatic N) is 2. The van der Waals surface area contributed by atoms with Crippen LogP contribution in [0.1, 0.15) is 19.8 Å². The summed E-state index contributed by atoms with van der Waals surface area (Å²) in [5.74, 6) is 0.0521. The normalized spacial score (nSPS) is 18.0. The van der Waals surface area contributed by atoms with Crippen LogP contribution in [0.3, 0.4) is 0 Å². The molecule has 1 aliphatic rings. The maximum Gasteiger partial charge on any atom is 0.293 e. The molecule has 1 atom stereocenters. The zero-order valence-electron chi connectivity index (χ0n) is 13.0. The number of hydrogen-bond acceptors (Lipinski definition) is 6. The second-order valence-electron chi connectivity index (χ2n) is 5.53. The van der Waals surface area contributed by atoms with Crippen LogP contribution in [0.2, 0.25) is 0 Å². The van der Waals surface area contributed by atoms with Crippen molar-refractivity contribution in [1.29, 1.82) is 0 Å². The third-order valence-corrected chi connectivity index (χ3v) is 4.91. The van der Waals surface area contributed by atoms with E-state index in [1.54, 1.807) is 11.8 Å². The molecular weight excluding hydrogens is 322 g/mol. The zero-order valence-corrected chi connectivity index (χ0v) is 13.8. The lowest BCUT2D eigenvalue weighted by Crippen LogP contribution is -2.31. The van der Waals surface area contributed by atoms with Gasteiger partial charge in [-0.15, -0.1) is 0 Å². The zero-order chi connectivity index (χ0) is 17.2. The second-order valence-corrected chi connectivity index (χ2v) is 7.55. The summed E-state index contributed by atoms with van der Waals surface area (Å²) in [5, 5.41) is 14.2. The third-order valence-electron chi connectivity index (χ3n) is 3.80. The van der Waals surface area contributed by atoms with Crippen LogP contribution >= 0.6 is 0 Å². The van der Waals surface area contributed by atoms with Crippen molar-refractivity contribution in [3.63, 3.8) is 0 Å². The number of nitro groups is 1. The SMILES string of the molecule is CCC(=O)N1CCC(Nc2ccc(S(C)(=O)=O)cc2[N+](=O)[O-])C1. The summed E-state index contributed by atoms with van der Waals surface area (Å²) in [7, 11) is -3.51. The molecular formula is C14H19N3O5S. The number of hydrogen-bond donors (Lipinski definition) is 1. The Morgan fingerprint density at radius 1 is 1.48 bits per heavy atom. The molecule has 1 saturated heterocycles. The average molecular weight is 341 g/mol. The van der Waals surface area contributed by atoms with E-state index in [2.05, 4.69) is 5.32 Å². The third kappa shape index (κ3) is 3.98. The number of amides is 1. The van der Waals surface area contributed by atoms with Gasteiger partial charge in [0.05, 0.1) is 9.82 Å². The predicted octanol–water partition coefficient (Wildman–Crippen LogP) is 1.42. The minimum atomic E-state index is -3.51. The van der Waals surface area contributed by atoms with Crippen molar-refractivity contribution in [2.75, 3.05) is 24.7 Å². The first kappa shape index (κ1) is 17.2. The number of rotatable bonds is 5. The summed E-state index contributed by atoms with van der Waals surface area (Å²) < 4.78 is 23.1. The van der Waals surface area contributed by atoms with Crippen LogP contribution in [-0.4, -0.2) is 49.5 Å². The molecule has 1 aromatic carbocycles. The van der Waals surface area contributed by atoms with Crippen LogP contribution in [0.4, 0.5) is 11.4 Å². The predicted molar refractivity (Wildman–Crippen MR) is 85.1 cm³/mol. The van der Waals surface area contributed by atoms with Gasteiger partial charge in [-0.3, -0.25) is 14.9 Å². The van der Waals surface area contributed by atoms with Crippen LogP contribution in [-0.2, 0) is 14.6 Å². The maximum atomic E-state index is 11.7. The minimum Gasteiger partial charge on any atom is -0.375 e.